The Morgan fingerprint density at radius 1 is 0.829 bits per heavy atom. The Balaban J connectivity index is 1.37. The van der Waals surface area contributed by atoms with Crippen LogP contribution in [0.2, 0.25) is 0 Å². The van der Waals surface area contributed by atoms with Crippen LogP contribution in [0.4, 0.5) is 0 Å². The molecule has 5 N–H and O–H groups in total. The molecule has 2 aliphatic heterocycles. The number of carbonyl (C=O) groups is 2. The van der Waals surface area contributed by atoms with Crippen LogP contribution in [0.25, 0.3) is 0 Å². The Hall–Kier alpha value is -1.56. The fraction of sp³-hybridized carbons (Fsp3) is 0.871. The number of Topliss-reactive ketones (excluding diaryl/α,β-unsaturated/α-hetero) is 1. The first-order valence-electron chi connectivity index (χ1n) is 15.8. The number of hydrogen-bond donors (Lipinski definition) is 5. The number of carbonyl (C=O) groups excluding carboxylic acids is 2. The van der Waals surface area contributed by atoms with Crippen molar-refractivity contribution in [2.45, 2.75) is 147 Å². The maximum absolute atomic E-state index is 12.3. The molecule has 2 unspecified atom stereocenters. The number of nitrogens with zero attached hydrogens (tertiary/aromatic N) is 1. The standard InChI is InChI=1S/C31H55NO9/c1-21(25(34)24-26(35)22(2)32(3)30(24)39)18-16-14-12-10-8-6-4-5-7-9-11-13-15-17-19-40-31-29(38)28(37)27(36)23(20-33)41-31/h21-23,27-29,31,33-34,36-38H,4-20H2,1-3H3/b25-24-/t21?,22?,23-,27-,28+,29+,31-/m1/s1. The molecule has 238 valence electrons. The van der Waals surface area contributed by atoms with Gasteiger partial charge in [-0.3, -0.25) is 9.59 Å². The van der Waals surface area contributed by atoms with Crippen molar-refractivity contribution in [1.29, 1.82) is 0 Å². The summed E-state index contributed by atoms with van der Waals surface area (Å²) in [6.45, 7) is 3.51. The van der Waals surface area contributed by atoms with Crippen molar-refractivity contribution in [3.8, 4) is 0 Å². The maximum atomic E-state index is 12.3. The van der Waals surface area contributed by atoms with Crippen LogP contribution >= 0.6 is 0 Å². The summed E-state index contributed by atoms with van der Waals surface area (Å²) in [5.74, 6) is -0.872. The van der Waals surface area contributed by atoms with Gasteiger partial charge in [0.05, 0.1) is 12.6 Å². The number of rotatable bonds is 20. The zero-order chi connectivity index (χ0) is 30.4. The van der Waals surface area contributed by atoms with Gasteiger partial charge in [-0.2, -0.15) is 0 Å². The third kappa shape index (κ3) is 10.9. The van der Waals surface area contributed by atoms with Gasteiger partial charge in [0.15, 0.2) is 12.1 Å². The average Bonchev–Trinajstić information content (AvgIpc) is 3.15. The van der Waals surface area contributed by atoms with E-state index in [1.165, 1.54) is 62.7 Å². The van der Waals surface area contributed by atoms with E-state index in [0.29, 0.717) is 6.61 Å². The van der Waals surface area contributed by atoms with Crippen LogP contribution < -0.4 is 0 Å². The van der Waals surface area contributed by atoms with E-state index in [-0.39, 0.29) is 28.9 Å². The lowest BCUT2D eigenvalue weighted by molar-refractivity contribution is -0.301. The normalized spacial score (nSPS) is 28.9. The maximum Gasteiger partial charge on any atom is 0.261 e. The average molecular weight is 586 g/mol. The minimum Gasteiger partial charge on any atom is -0.511 e. The van der Waals surface area contributed by atoms with E-state index in [0.717, 1.165) is 38.5 Å². The Labute approximate surface area is 245 Å². The molecule has 2 saturated heterocycles. The summed E-state index contributed by atoms with van der Waals surface area (Å²) in [4.78, 5) is 25.9. The summed E-state index contributed by atoms with van der Waals surface area (Å²) in [5, 5.41) is 49.2. The Kier molecular flexibility index (Phi) is 16.4. The fourth-order valence-electron chi connectivity index (χ4n) is 5.54. The zero-order valence-electron chi connectivity index (χ0n) is 25.4. The van der Waals surface area contributed by atoms with Gasteiger partial charge < -0.3 is 39.9 Å². The minimum absolute atomic E-state index is 0.0211. The number of aliphatic hydroxyl groups is 5. The monoisotopic (exact) mass is 585 g/mol. The quantitative estimate of drug-likeness (QED) is 0.0624. The predicted molar refractivity (Wildman–Crippen MR) is 155 cm³/mol. The van der Waals surface area contributed by atoms with Gasteiger partial charge in [-0.1, -0.05) is 90.4 Å². The second kappa shape index (κ2) is 18.9. The highest BCUT2D eigenvalue weighted by Crippen LogP contribution is 2.27. The van der Waals surface area contributed by atoms with Crippen LogP contribution in [-0.2, 0) is 19.1 Å². The SMILES string of the molecule is CC(CCCCCCCCCCCCCCCCO[C@@H]1O[C@H](CO)[C@@H](O)[C@H](O)[C@@H]1O)/C(O)=C1\C(=O)C(C)N(C)C1=O. The largest absolute Gasteiger partial charge is 0.511 e. The highest BCUT2D eigenvalue weighted by molar-refractivity contribution is 6.26. The number of unbranched alkanes of at least 4 members (excludes halogenated alkanes) is 13. The van der Waals surface area contributed by atoms with Crippen molar-refractivity contribution in [2.24, 2.45) is 5.92 Å². The van der Waals surface area contributed by atoms with Crippen LogP contribution in [0.3, 0.4) is 0 Å². The van der Waals surface area contributed by atoms with E-state index in [9.17, 15) is 35.1 Å². The van der Waals surface area contributed by atoms with Crippen LogP contribution in [-0.4, -0.2) is 99.1 Å². The lowest BCUT2D eigenvalue weighted by Gasteiger charge is -2.39. The zero-order valence-corrected chi connectivity index (χ0v) is 25.4. The highest BCUT2D eigenvalue weighted by Gasteiger charge is 2.44. The molecular formula is C31H55NO9. The van der Waals surface area contributed by atoms with E-state index in [4.69, 9.17) is 9.47 Å². The molecule has 2 fully saturated rings. The van der Waals surface area contributed by atoms with Gasteiger partial charge in [0.1, 0.15) is 35.7 Å². The predicted octanol–water partition coefficient (Wildman–Crippen LogP) is 3.53. The van der Waals surface area contributed by atoms with Crippen LogP contribution in [0.5, 0.6) is 0 Å². The Morgan fingerprint density at radius 3 is 1.78 bits per heavy atom. The van der Waals surface area contributed by atoms with E-state index >= 15 is 0 Å². The second-order valence-electron chi connectivity index (χ2n) is 11.9. The number of likely N-dealkylation sites (N-methyl/N-ethyl adjacent to an activating group) is 1. The molecule has 7 atom stereocenters. The molecule has 0 spiro atoms. The van der Waals surface area contributed by atoms with Crippen LogP contribution in [0.15, 0.2) is 11.3 Å². The van der Waals surface area contributed by atoms with E-state index in [1.54, 1.807) is 14.0 Å². The minimum atomic E-state index is -1.40. The molecule has 2 aliphatic rings. The molecule has 10 nitrogen and oxygen atoms in total. The second-order valence-corrected chi connectivity index (χ2v) is 11.9. The van der Waals surface area contributed by atoms with Crippen molar-refractivity contribution in [3.05, 3.63) is 11.3 Å². The molecule has 0 aromatic rings. The van der Waals surface area contributed by atoms with Crippen molar-refractivity contribution in [2.75, 3.05) is 20.3 Å². The molecule has 10 heteroatoms. The van der Waals surface area contributed by atoms with Gasteiger partial charge in [-0.05, 0) is 19.8 Å². The first kappa shape index (κ1) is 35.6. The molecule has 0 aromatic heterocycles. The third-order valence-corrected chi connectivity index (χ3v) is 8.63. The van der Waals surface area contributed by atoms with Gasteiger partial charge >= 0.3 is 0 Å². The fourth-order valence-corrected chi connectivity index (χ4v) is 5.54. The Bertz CT molecular complexity index is 795. The summed E-state index contributed by atoms with van der Waals surface area (Å²) >= 11 is 0. The molecular weight excluding hydrogens is 530 g/mol. The third-order valence-electron chi connectivity index (χ3n) is 8.63. The lowest BCUT2D eigenvalue weighted by Crippen LogP contribution is -2.59. The van der Waals surface area contributed by atoms with E-state index in [2.05, 4.69) is 0 Å². The van der Waals surface area contributed by atoms with Crippen molar-refractivity contribution in [3.63, 3.8) is 0 Å². The lowest BCUT2D eigenvalue weighted by atomic mass is 9.95. The first-order valence-corrected chi connectivity index (χ1v) is 15.8. The summed E-state index contributed by atoms with van der Waals surface area (Å²) in [6, 6.07) is -0.499. The van der Waals surface area contributed by atoms with Crippen molar-refractivity contribution in [1.82, 2.24) is 4.90 Å². The van der Waals surface area contributed by atoms with Crippen LogP contribution in [0.1, 0.15) is 110 Å². The molecule has 0 aromatic carbocycles. The van der Waals surface area contributed by atoms with Crippen LogP contribution in [0, 0.1) is 5.92 Å². The topological polar surface area (TPSA) is 157 Å². The molecule has 1 amide bonds. The molecule has 0 saturated carbocycles. The van der Waals surface area contributed by atoms with Gasteiger partial charge in [-0.15, -0.1) is 0 Å². The Morgan fingerprint density at radius 2 is 1.32 bits per heavy atom. The van der Waals surface area contributed by atoms with Crippen molar-refractivity contribution >= 4 is 11.7 Å². The number of hydrogen-bond acceptors (Lipinski definition) is 9. The number of ketones is 1. The highest BCUT2D eigenvalue weighted by atomic mass is 16.7. The first-order chi connectivity index (χ1) is 19.6. The van der Waals surface area contributed by atoms with Gasteiger partial charge in [0.25, 0.3) is 5.91 Å². The van der Waals surface area contributed by atoms with E-state index in [1.807, 2.05) is 6.92 Å². The molecule has 41 heavy (non-hydrogen) atoms. The van der Waals surface area contributed by atoms with Gasteiger partial charge in [0.2, 0.25) is 0 Å². The summed E-state index contributed by atoms with van der Waals surface area (Å²) < 4.78 is 10.9. The molecule has 2 heterocycles. The summed E-state index contributed by atoms with van der Waals surface area (Å²) in [5.41, 5.74) is -0.0211. The number of allylic oxidation sites excluding steroid dienone is 1. The number of amides is 1. The number of likely N-dealkylation sites (tertiary alicyclic amines) is 1. The molecule has 0 bridgehead atoms. The molecule has 0 radical (unpaired) electrons. The summed E-state index contributed by atoms with van der Waals surface area (Å²) in [7, 11) is 1.59. The number of ether oxygens (including phenoxy) is 2. The summed E-state index contributed by atoms with van der Waals surface area (Å²) in [6.07, 6.45) is 10.8. The van der Waals surface area contributed by atoms with Crippen molar-refractivity contribution < 1.29 is 44.6 Å². The molecule has 2 rings (SSSR count). The number of aliphatic hydroxyl groups excluding tert-OH is 5. The van der Waals surface area contributed by atoms with Gasteiger partial charge in [0, 0.05) is 19.6 Å². The van der Waals surface area contributed by atoms with E-state index < -0.39 is 43.4 Å². The smallest absolute Gasteiger partial charge is 0.261 e. The van der Waals surface area contributed by atoms with Gasteiger partial charge in [-0.25, -0.2) is 0 Å². The molecule has 0 aliphatic carbocycles.